The summed E-state index contributed by atoms with van der Waals surface area (Å²) < 4.78 is 0. The summed E-state index contributed by atoms with van der Waals surface area (Å²) in [4.78, 5) is 0. The van der Waals surface area contributed by atoms with Gasteiger partial charge in [-0.3, -0.25) is 0 Å². The second kappa shape index (κ2) is 6.24. The molecule has 0 bridgehead atoms. The fourth-order valence-corrected chi connectivity index (χ4v) is 3.54. The zero-order valence-electron chi connectivity index (χ0n) is 7.29. The van der Waals surface area contributed by atoms with Crippen LogP contribution in [0.5, 0.6) is 0 Å². The maximum absolute atomic E-state index is 2.36. The lowest BCUT2D eigenvalue weighted by Crippen LogP contribution is -1.95. The first-order valence-electron chi connectivity index (χ1n) is 3.66. The molecule has 0 spiro atoms. The van der Waals surface area contributed by atoms with E-state index in [1.807, 2.05) is 11.4 Å². The van der Waals surface area contributed by atoms with Crippen LogP contribution in [0.25, 0.3) is 0 Å². The van der Waals surface area contributed by atoms with Gasteiger partial charge in [-0.15, -0.1) is 11.4 Å². The number of rotatable bonds is 4. The van der Waals surface area contributed by atoms with E-state index in [0.29, 0.717) is 0 Å². The molecule has 0 N–H and O–H groups in total. The summed E-state index contributed by atoms with van der Waals surface area (Å²) in [6, 6.07) is 0. The minimum atomic E-state index is 0.182. The van der Waals surface area contributed by atoms with Crippen molar-refractivity contribution in [3.8, 4) is 0 Å². The van der Waals surface area contributed by atoms with Gasteiger partial charge in [-0.2, -0.15) is 0 Å². The van der Waals surface area contributed by atoms with Gasteiger partial charge >= 0.3 is 0 Å². The molecule has 60 valence electrons. The molecule has 0 saturated heterocycles. The van der Waals surface area contributed by atoms with Crippen LogP contribution in [-0.4, -0.2) is 18.6 Å². The highest BCUT2D eigenvalue weighted by Crippen LogP contribution is 2.50. The molecule has 10 heavy (non-hydrogen) atoms. The molecular formula is C8H17PS. The molecule has 0 saturated carbocycles. The van der Waals surface area contributed by atoms with Crippen LogP contribution in [0.1, 0.15) is 20.3 Å². The first kappa shape index (κ1) is 10.5. The Labute approximate surface area is 70.0 Å². The Morgan fingerprint density at radius 1 is 1.60 bits per heavy atom. The molecule has 0 aromatic heterocycles. The Morgan fingerprint density at radius 2 is 2.20 bits per heavy atom. The van der Waals surface area contributed by atoms with Crippen molar-refractivity contribution in [2.24, 2.45) is 0 Å². The van der Waals surface area contributed by atoms with Gasteiger partial charge in [-0.25, -0.2) is 0 Å². The van der Waals surface area contributed by atoms with Crippen molar-refractivity contribution in [3.63, 3.8) is 0 Å². The SMILES string of the molecule is CC=C[C@@H](CC)[P@](C)SC. The fraction of sp³-hybridized carbons (Fsp3) is 0.750. The van der Waals surface area contributed by atoms with Crippen LogP contribution in [0.15, 0.2) is 12.2 Å². The van der Waals surface area contributed by atoms with Crippen molar-refractivity contribution < 1.29 is 0 Å². The molecule has 0 aliphatic carbocycles. The van der Waals surface area contributed by atoms with E-state index in [4.69, 9.17) is 0 Å². The predicted octanol–water partition coefficient (Wildman–Crippen LogP) is 3.73. The molecule has 0 nitrogen and oxygen atoms in total. The molecule has 0 radical (unpaired) electrons. The van der Waals surface area contributed by atoms with Gasteiger partial charge < -0.3 is 0 Å². The fourth-order valence-electron chi connectivity index (χ4n) is 0.872. The highest BCUT2D eigenvalue weighted by molar-refractivity contribution is 8.55. The highest BCUT2D eigenvalue weighted by Gasteiger charge is 2.08. The normalized spacial score (nSPS) is 17.6. The summed E-state index contributed by atoms with van der Waals surface area (Å²) in [6.07, 6.45) is 8.00. The van der Waals surface area contributed by atoms with E-state index in [1.54, 1.807) is 0 Å². The third kappa shape index (κ3) is 3.63. The third-order valence-corrected chi connectivity index (χ3v) is 6.18. The zero-order chi connectivity index (χ0) is 7.98. The second-order valence-corrected chi connectivity index (χ2v) is 7.17. The average molecular weight is 176 g/mol. The van der Waals surface area contributed by atoms with E-state index in [-0.39, 0.29) is 7.12 Å². The van der Waals surface area contributed by atoms with Gasteiger partial charge in [0.15, 0.2) is 0 Å². The van der Waals surface area contributed by atoms with Crippen LogP contribution in [-0.2, 0) is 0 Å². The minimum Gasteiger partial charge on any atom is -0.137 e. The Hall–Kier alpha value is 0.520. The first-order valence-corrected chi connectivity index (χ1v) is 7.34. The number of hydrogen-bond donors (Lipinski definition) is 0. The molecule has 0 fully saturated rings. The second-order valence-electron chi connectivity index (χ2n) is 2.23. The van der Waals surface area contributed by atoms with Gasteiger partial charge in [0.25, 0.3) is 0 Å². The predicted molar refractivity (Wildman–Crippen MR) is 55.3 cm³/mol. The van der Waals surface area contributed by atoms with Crippen molar-refractivity contribution in [3.05, 3.63) is 12.2 Å². The minimum absolute atomic E-state index is 0.182. The summed E-state index contributed by atoms with van der Waals surface area (Å²) in [5.74, 6) is 0. The highest BCUT2D eigenvalue weighted by atomic mass is 32.7. The van der Waals surface area contributed by atoms with Crippen LogP contribution in [0.3, 0.4) is 0 Å². The summed E-state index contributed by atoms with van der Waals surface area (Å²) in [7, 11) is 0.182. The maximum atomic E-state index is 2.36. The van der Waals surface area contributed by atoms with Gasteiger partial charge in [-0.05, 0) is 33.4 Å². The van der Waals surface area contributed by atoms with E-state index >= 15 is 0 Å². The Morgan fingerprint density at radius 3 is 2.50 bits per heavy atom. The summed E-state index contributed by atoms with van der Waals surface area (Å²) in [5, 5.41) is 0. The Bertz CT molecular complexity index is 101. The van der Waals surface area contributed by atoms with Gasteiger partial charge in [0, 0.05) is 5.66 Å². The van der Waals surface area contributed by atoms with Crippen molar-refractivity contribution in [2.75, 3.05) is 12.9 Å². The standard InChI is InChI=1S/C8H17PS/c1-5-7-8(6-2)9(3)10-4/h5,7-8H,6H2,1-4H3/t8-,9+/m1/s1. The quantitative estimate of drug-likeness (QED) is 0.464. The lowest BCUT2D eigenvalue weighted by molar-refractivity contribution is 0.969. The van der Waals surface area contributed by atoms with E-state index in [0.717, 1.165) is 5.66 Å². The molecule has 0 rings (SSSR count). The Balaban J connectivity index is 3.79. The smallest absolute Gasteiger partial charge is 0.00572 e. The monoisotopic (exact) mass is 176 g/mol. The van der Waals surface area contributed by atoms with E-state index in [1.165, 1.54) is 6.42 Å². The van der Waals surface area contributed by atoms with Crippen molar-refractivity contribution in [1.29, 1.82) is 0 Å². The molecule has 0 aliphatic rings. The maximum Gasteiger partial charge on any atom is 0.00572 e. The molecule has 0 aliphatic heterocycles. The Kier molecular flexibility index (Phi) is 6.57. The van der Waals surface area contributed by atoms with Crippen LogP contribution in [0, 0.1) is 0 Å². The van der Waals surface area contributed by atoms with E-state index in [2.05, 4.69) is 38.9 Å². The zero-order valence-corrected chi connectivity index (χ0v) is 9.01. The molecule has 0 aromatic rings. The number of allylic oxidation sites excluding steroid dienone is 2. The van der Waals surface area contributed by atoms with Crippen LogP contribution in [0.4, 0.5) is 0 Å². The van der Waals surface area contributed by atoms with Gasteiger partial charge in [0.05, 0.1) is 0 Å². The molecule has 0 heterocycles. The van der Waals surface area contributed by atoms with Gasteiger partial charge in [-0.1, -0.05) is 19.1 Å². The molecular weight excluding hydrogens is 159 g/mol. The molecule has 2 atom stereocenters. The van der Waals surface area contributed by atoms with Gasteiger partial charge in [0.1, 0.15) is 0 Å². The number of hydrogen-bond acceptors (Lipinski definition) is 1. The van der Waals surface area contributed by atoms with Gasteiger partial charge in [0.2, 0.25) is 0 Å². The van der Waals surface area contributed by atoms with Crippen LogP contribution >= 0.6 is 18.5 Å². The lowest BCUT2D eigenvalue weighted by atomic mass is 10.3. The van der Waals surface area contributed by atoms with Crippen LogP contribution < -0.4 is 0 Å². The van der Waals surface area contributed by atoms with Crippen molar-refractivity contribution in [2.45, 2.75) is 25.9 Å². The topological polar surface area (TPSA) is 0 Å². The summed E-state index contributed by atoms with van der Waals surface area (Å²) >= 11 is 2.01. The van der Waals surface area contributed by atoms with Crippen LogP contribution in [0.2, 0.25) is 0 Å². The molecule has 0 unspecified atom stereocenters. The van der Waals surface area contributed by atoms with E-state index in [9.17, 15) is 0 Å². The van der Waals surface area contributed by atoms with Crippen molar-refractivity contribution >= 4 is 18.5 Å². The largest absolute Gasteiger partial charge is 0.137 e. The molecule has 2 heteroatoms. The molecule has 0 amide bonds. The summed E-state index contributed by atoms with van der Waals surface area (Å²) in [6.45, 7) is 6.72. The van der Waals surface area contributed by atoms with Crippen molar-refractivity contribution in [1.82, 2.24) is 0 Å². The lowest BCUT2D eigenvalue weighted by Gasteiger charge is -2.16. The third-order valence-electron chi connectivity index (χ3n) is 1.59. The first-order chi connectivity index (χ1) is 4.76. The van der Waals surface area contributed by atoms with E-state index < -0.39 is 0 Å². The summed E-state index contributed by atoms with van der Waals surface area (Å²) in [5.41, 5.74) is 0.829. The molecule has 0 aromatic carbocycles. The average Bonchev–Trinajstić information content (AvgIpc) is 1.99.